The van der Waals surface area contributed by atoms with Gasteiger partial charge in [-0.05, 0) is 24.3 Å². The summed E-state index contributed by atoms with van der Waals surface area (Å²) < 4.78 is 0. The van der Waals surface area contributed by atoms with Crippen LogP contribution < -0.4 is 0 Å². The monoisotopic (exact) mass is 241 g/mol. The van der Waals surface area contributed by atoms with Crippen LogP contribution in [0.3, 0.4) is 0 Å². The van der Waals surface area contributed by atoms with Crippen molar-refractivity contribution in [2.75, 3.05) is 5.75 Å². The molecule has 1 heterocycles. The Morgan fingerprint density at radius 1 is 1.50 bits per heavy atom. The first-order valence-corrected chi connectivity index (χ1v) is 5.64. The standard InChI is InChI=1S/C11H15NO3S/c1-7(13)8-3-2-4-9(12-8)11(15)10(14)5-6-16/h2-4,10-11,14-16H,5-6H2,1H3. The van der Waals surface area contributed by atoms with Crippen molar-refractivity contribution in [3.05, 3.63) is 29.6 Å². The molecule has 2 unspecified atom stereocenters. The minimum atomic E-state index is -1.08. The Kier molecular flexibility index (Phi) is 4.92. The van der Waals surface area contributed by atoms with E-state index in [9.17, 15) is 15.0 Å². The van der Waals surface area contributed by atoms with Gasteiger partial charge >= 0.3 is 0 Å². The van der Waals surface area contributed by atoms with Crippen molar-refractivity contribution >= 4 is 18.4 Å². The molecule has 0 spiro atoms. The van der Waals surface area contributed by atoms with Gasteiger partial charge < -0.3 is 10.2 Å². The Morgan fingerprint density at radius 2 is 2.19 bits per heavy atom. The number of thiol groups is 1. The van der Waals surface area contributed by atoms with Crippen molar-refractivity contribution in [1.29, 1.82) is 0 Å². The van der Waals surface area contributed by atoms with Crippen LogP contribution >= 0.6 is 12.6 Å². The summed E-state index contributed by atoms with van der Waals surface area (Å²) >= 11 is 3.97. The average molecular weight is 241 g/mol. The highest BCUT2D eigenvalue weighted by Crippen LogP contribution is 2.17. The third-order valence-electron chi connectivity index (χ3n) is 2.22. The summed E-state index contributed by atoms with van der Waals surface area (Å²) in [5.74, 6) is 0.308. The highest BCUT2D eigenvalue weighted by atomic mass is 32.1. The summed E-state index contributed by atoms with van der Waals surface area (Å²) in [6.45, 7) is 1.41. The second-order valence-electron chi connectivity index (χ2n) is 3.53. The summed E-state index contributed by atoms with van der Waals surface area (Å²) in [6, 6.07) is 4.79. The van der Waals surface area contributed by atoms with Gasteiger partial charge in [0.05, 0.1) is 11.8 Å². The number of carbonyl (C=O) groups excluding carboxylic acids is 1. The summed E-state index contributed by atoms with van der Waals surface area (Å²) in [6.07, 6.45) is -1.62. The summed E-state index contributed by atoms with van der Waals surface area (Å²) in [4.78, 5) is 15.1. The number of aromatic nitrogens is 1. The van der Waals surface area contributed by atoms with Gasteiger partial charge in [-0.15, -0.1) is 0 Å². The van der Waals surface area contributed by atoms with E-state index >= 15 is 0 Å². The molecule has 0 saturated heterocycles. The quantitative estimate of drug-likeness (QED) is 0.531. The number of aliphatic hydroxyl groups excluding tert-OH is 2. The second kappa shape index (κ2) is 5.98. The first-order chi connectivity index (χ1) is 7.56. The van der Waals surface area contributed by atoms with Gasteiger partial charge in [-0.1, -0.05) is 6.07 Å². The minimum absolute atomic E-state index is 0.169. The fourth-order valence-corrected chi connectivity index (χ4v) is 1.56. The molecule has 0 fully saturated rings. The van der Waals surface area contributed by atoms with Gasteiger partial charge in [-0.3, -0.25) is 4.79 Å². The average Bonchev–Trinajstić information content (AvgIpc) is 2.28. The topological polar surface area (TPSA) is 70.4 Å². The van der Waals surface area contributed by atoms with Crippen LogP contribution in [0.15, 0.2) is 18.2 Å². The third kappa shape index (κ3) is 3.30. The largest absolute Gasteiger partial charge is 0.390 e. The predicted octanol–water partition coefficient (Wildman–Crippen LogP) is 0.998. The molecular weight excluding hydrogens is 226 g/mol. The van der Waals surface area contributed by atoms with Gasteiger partial charge in [0.15, 0.2) is 5.78 Å². The number of nitrogens with zero attached hydrogens (tertiary/aromatic N) is 1. The molecule has 0 radical (unpaired) electrons. The van der Waals surface area contributed by atoms with E-state index in [2.05, 4.69) is 17.6 Å². The Morgan fingerprint density at radius 3 is 2.75 bits per heavy atom. The minimum Gasteiger partial charge on any atom is -0.390 e. The fourth-order valence-electron chi connectivity index (χ4n) is 1.30. The van der Waals surface area contributed by atoms with E-state index in [1.54, 1.807) is 18.2 Å². The molecular formula is C11H15NO3S. The molecule has 0 saturated carbocycles. The van der Waals surface area contributed by atoms with E-state index in [4.69, 9.17) is 0 Å². The molecule has 0 aromatic carbocycles. The van der Waals surface area contributed by atoms with Crippen molar-refractivity contribution in [1.82, 2.24) is 4.98 Å². The first kappa shape index (κ1) is 13.2. The van der Waals surface area contributed by atoms with Gasteiger partial charge in [-0.2, -0.15) is 12.6 Å². The molecule has 2 atom stereocenters. The molecule has 5 heteroatoms. The predicted molar refractivity (Wildman–Crippen MR) is 63.7 cm³/mol. The van der Waals surface area contributed by atoms with Gasteiger partial charge in [0.2, 0.25) is 0 Å². The van der Waals surface area contributed by atoms with Crippen LogP contribution in [0.25, 0.3) is 0 Å². The molecule has 0 bridgehead atoms. The Hall–Kier alpha value is -0.910. The van der Waals surface area contributed by atoms with Crippen molar-refractivity contribution in [2.45, 2.75) is 25.6 Å². The normalized spacial score (nSPS) is 14.5. The van der Waals surface area contributed by atoms with Crippen molar-refractivity contribution in [2.24, 2.45) is 0 Å². The van der Waals surface area contributed by atoms with Crippen LogP contribution in [0.5, 0.6) is 0 Å². The highest BCUT2D eigenvalue weighted by molar-refractivity contribution is 7.80. The molecule has 0 aliphatic carbocycles. The molecule has 88 valence electrons. The molecule has 0 aliphatic rings. The Bertz CT molecular complexity index is 370. The molecule has 4 nitrogen and oxygen atoms in total. The smallest absolute Gasteiger partial charge is 0.178 e. The van der Waals surface area contributed by atoms with E-state index in [-0.39, 0.29) is 11.5 Å². The van der Waals surface area contributed by atoms with E-state index in [1.807, 2.05) is 0 Å². The van der Waals surface area contributed by atoms with Gasteiger partial charge in [-0.25, -0.2) is 4.98 Å². The lowest BCUT2D eigenvalue weighted by atomic mass is 10.1. The van der Waals surface area contributed by atoms with E-state index in [1.165, 1.54) is 6.92 Å². The van der Waals surface area contributed by atoms with Crippen LogP contribution in [0.4, 0.5) is 0 Å². The number of Topliss-reactive ketones (excluding diaryl/α,β-unsaturated/α-hetero) is 1. The van der Waals surface area contributed by atoms with Gasteiger partial charge in [0.1, 0.15) is 11.8 Å². The van der Waals surface area contributed by atoms with Crippen LogP contribution in [0.1, 0.15) is 35.6 Å². The van der Waals surface area contributed by atoms with Crippen molar-refractivity contribution in [3.63, 3.8) is 0 Å². The van der Waals surface area contributed by atoms with Crippen LogP contribution in [0, 0.1) is 0 Å². The van der Waals surface area contributed by atoms with E-state index in [0.717, 1.165) is 0 Å². The lowest BCUT2D eigenvalue weighted by molar-refractivity contribution is 0.0146. The van der Waals surface area contributed by atoms with E-state index < -0.39 is 12.2 Å². The number of ketones is 1. The van der Waals surface area contributed by atoms with E-state index in [0.29, 0.717) is 17.9 Å². The summed E-state index contributed by atoms with van der Waals surface area (Å²) in [5.41, 5.74) is 0.594. The zero-order chi connectivity index (χ0) is 12.1. The number of pyridine rings is 1. The summed E-state index contributed by atoms with van der Waals surface area (Å²) in [7, 11) is 0. The maximum absolute atomic E-state index is 11.1. The fraction of sp³-hybridized carbons (Fsp3) is 0.455. The van der Waals surface area contributed by atoms with Crippen LogP contribution in [-0.4, -0.2) is 32.8 Å². The third-order valence-corrected chi connectivity index (χ3v) is 2.48. The number of hydrogen-bond donors (Lipinski definition) is 3. The van der Waals surface area contributed by atoms with Gasteiger partial charge in [0, 0.05) is 6.92 Å². The number of carbonyl (C=O) groups is 1. The molecule has 0 amide bonds. The van der Waals surface area contributed by atoms with Crippen LogP contribution in [0.2, 0.25) is 0 Å². The summed E-state index contributed by atoms with van der Waals surface area (Å²) in [5, 5.41) is 19.3. The zero-order valence-electron chi connectivity index (χ0n) is 9.00. The molecule has 16 heavy (non-hydrogen) atoms. The maximum Gasteiger partial charge on any atom is 0.178 e. The Balaban J connectivity index is 2.86. The molecule has 1 rings (SSSR count). The lowest BCUT2D eigenvalue weighted by Gasteiger charge is -2.16. The number of rotatable bonds is 5. The Labute approximate surface area is 99.7 Å². The number of hydrogen-bond acceptors (Lipinski definition) is 5. The highest BCUT2D eigenvalue weighted by Gasteiger charge is 2.19. The molecule has 0 aliphatic heterocycles. The first-order valence-electron chi connectivity index (χ1n) is 5.01. The van der Waals surface area contributed by atoms with Gasteiger partial charge in [0.25, 0.3) is 0 Å². The van der Waals surface area contributed by atoms with Crippen LogP contribution in [-0.2, 0) is 0 Å². The second-order valence-corrected chi connectivity index (χ2v) is 3.98. The molecule has 2 N–H and O–H groups in total. The molecule has 1 aromatic heterocycles. The van der Waals surface area contributed by atoms with Crippen molar-refractivity contribution in [3.8, 4) is 0 Å². The SMILES string of the molecule is CC(=O)c1cccc(C(O)C(O)CCS)n1. The zero-order valence-corrected chi connectivity index (χ0v) is 9.89. The number of aliphatic hydroxyl groups is 2. The maximum atomic E-state index is 11.1. The van der Waals surface area contributed by atoms with Crippen molar-refractivity contribution < 1.29 is 15.0 Å². The lowest BCUT2D eigenvalue weighted by Crippen LogP contribution is -2.20. The molecule has 1 aromatic rings.